The first-order valence-corrected chi connectivity index (χ1v) is 8.39. The molecule has 2 aromatic carbocycles. The van der Waals surface area contributed by atoms with E-state index in [0.29, 0.717) is 5.92 Å². The van der Waals surface area contributed by atoms with Gasteiger partial charge in [0.1, 0.15) is 5.69 Å². The van der Waals surface area contributed by atoms with Gasteiger partial charge >= 0.3 is 0 Å². The number of halogens is 2. The van der Waals surface area contributed by atoms with Crippen molar-refractivity contribution in [2.24, 2.45) is 0 Å². The van der Waals surface area contributed by atoms with Crippen LogP contribution in [0.2, 0.25) is 0 Å². The molecule has 0 atom stereocenters. The Morgan fingerprint density at radius 1 is 1.04 bits per heavy atom. The zero-order valence-corrected chi connectivity index (χ0v) is 14.8. The van der Waals surface area contributed by atoms with Crippen molar-refractivity contribution < 1.29 is 13.6 Å². The minimum absolute atomic E-state index is 0.0965. The molecule has 3 aromatic rings. The summed E-state index contributed by atoms with van der Waals surface area (Å²) in [5, 5.41) is 5.60. The topological polar surface area (TPSA) is 66.9 Å². The fourth-order valence-corrected chi connectivity index (χ4v) is 2.55. The summed E-state index contributed by atoms with van der Waals surface area (Å²) in [7, 11) is 0. The van der Waals surface area contributed by atoms with Crippen LogP contribution in [0.4, 0.5) is 26.1 Å². The van der Waals surface area contributed by atoms with Gasteiger partial charge in [0, 0.05) is 23.6 Å². The first-order chi connectivity index (χ1) is 12.9. The summed E-state index contributed by atoms with van der Waals surface area (Å²) in [5.74, 6) is -2.01. The Morgan fingerprint density at radius 3 is 2.56 bits per heavy atom. The number of carbonyl (C=O) groups excluding carboxylic acids is 1. The van der Waals surface area contributed by atoms with Crippen molar-refractivity contribution in [2.45, 2.75) is 19.8 Å². The van der Waals surface area contributed by atoms with Crippen LogP contribution in [0.25, 0.3) is 0 Å². The van der Waals surface area contributed by atoms with E-state index in [1.807, 2.05) is 24.3 Å². The van der Waals surface area contributed by atoms with Crippen molar-refractivity contribution in [1.82, 2.24) is 9.97 Å². The van der Waals surface area contributed by atoms with Gasteiger partial charge in [-0.1, -0.05) is 32.0 Å². The number of carbonyl (C=O) groups is 1. The number of nitrogens with zero attached hydrogens (tertiary/aromatic N) is 2. The maximum absolute atomic E-state index is 13.3. The average Bonchev–Trinajstić information content (AvgIpc) is 2.65. The lowest BCUT2D eigenvalue weighted by molar-refractivity contribution is 0.102. The molecular formula is C20H18F2N4O. The molecule has 0 aliphatic heterocycles. The van der Waals surface area contributed by atoms with Crippen LogP contribution in [0.5, 0.6) is 0 Å². The molecule has 0 unspecified atom stereocenters. The molecule has 0 radical (unpaired) electrons. The maximum atomic E-state index is 13.3. The van der Waals surface area contributed by atoms with Gasteiger partial charge in [0.05, 0.1) is 0 Å². The van der Waals surface area contributed by atoms with Crippen LogP contribution in [0.15, 0.2) is 54.7 Å². The predicted octanol–water partition coefficient (Wildman–Crippen LogP) is 4.87. The third-order valence-corrected chi connectivity index (χ3v) is 3.89. The fourth-order valence-electron chi connectivity index (χ4n) is 2.55. The van der Waals surface area contributed by atoms with Crippen molar-refractivity contribution in [1.29, 1.82) is 0 Å². The van der Waals surface area contributed by atoms with Crippen molar-refractivity contribution >= 4 is 23.2 Å². The zero-order valence-electron chi connectivity index (χ0n) is 14.8. The Labute approximate surface area is 155 Å². The maximum Gasteiger partial charge on any atom is 0.274 e. The average molecular weight is 368 g/mol. The van der Waals surface area contributed by atoms with E-state index in [4.69, 9.17) is 0 Å². The second-order valence-electron chi connectivity index (χ2n) is 6.22. The first kappa shape index (κ1) is 18.4. The van der Waals surface area contributed by atoms with Crippen LogP contribution < -0.4 is 10.6 Å². The molecule has 0 saturated heterocycles. The molecule has 1 amide bonds. The van der Waals surface area contributed by atoms with Crippen LogP contribution in [0, 0.1) is 11.6 Å². The zero-order chi connectivity index (χ0) is 19.4. The number of aromatic nitrogens is 2. The second kappa shape index (κ2) is 7.90. The summed E-state index contributed by atoms with van der Waals surface area (Å²) >= 11 is 0. The molecule has 0 bridgehead atoms. The number of rotatable bonds is 5. The van der Waals surface area contributed by atoms with Gasteiger partial charge in [-0.15, -0.1) is 0 Å². The van der Waals surface area contributed by atoms with Gasteiger partial charge in [0.15, 0.2) is 11.6 Å². The Morgan fingerprint density at radius 2 is 1.81 bits per heavy atom. The molecule has 7 heteroatoms. The number of para-hydroxylation sites is 1. The van der Waals surface area contributed by atoms with Crippen molar-refractivity contribution in [3.8, 4) is 0 Å². The summed E-state index contributed by atoms with van der Waals surface area (Å²) in [6, 6.07) is 12.3. The molecule has 0 aliphatic rings. The number of benzene rings is 2. The molecule has 2 N–H and O–H groups in total. The number of hydrogen-bond acceptors (Lipinski definition) is 4. The summed E-state index contributed by atoms with van der Waals surface area (Å²) in [4.78, 5) is 20.7. The molecule has 0 aliphatic carbocycles. The third-order valence-electron chi connectivity index (χ3n) is 3.89. The minimum atomic E-state index is -1.04. The Balaban J connectivity index is 1.79. The van der Waals surface area contributed by atoms with Crippen molar-refractivity contribution in [3.63, 3.8) is 0 Å². The van der Waals surface area contributed by atoms with Crippen LogP contribution >= 0.6 is 0 Å². The second-order valence-corrected chi connectivity index (χ2v) is 6.22. The highest BCUT2D eigenvalue weighted by atomic mass is 19.2. The van der Waals surface area contributed by atoms with E-state index < -0.39 is 17.5 Å². The smallest absolute Gasteiger partial charge is 0.274 e. The standard InChI is InChI=1S/C20H18F2N4O/c1-12(2)14-5-3-4-6-17(14)25-20-23-10-9-18(26-20)19(27)24-13-7-8-15(21)16(22)11-13/h3-12H,1-2H3,(H,24,27)(H,23,25,26). The normalized spacial score (nSPS) is 10.7. The van der Waals surface area contributed by atoms with Gasteiger partial charge in [0.25, 0.3) is 5.91 Å². The van der Waals surface area contributed by atoms with Crippen molar-refractivity contribution in [3.05, 3.63) is 77.6 Å². The highest BCUT2D eigenvalue weighted by molar-refractivity contribution is 6.03. The Bertz CT molecular complexity index is 976. The van der Waals surface area contributed by atoms with E-state index in [-0.39, 0.29) is 17.3 Å². The quantitative estimate of drug-likeness (QED) is 0.674. The fraction of sp³-hybridized carbons (Fsp3) is 0.150. The number of nitrogens with one attached hydrogen (secondary N) is 2. The van der Waals surface area contributed by atoms with E-state index in [1.54, 1.807) is 0 Å². The van der Waals surface area contributed by atoms with Crippen LogP contribution in [0.3, 0.4) is 0 Å². The number of amides is 1. The highest BCUT2D eigenvalue weighted by Gasteiger charge is 2.12. The van der Waals surface area contributed by atoms with E-state index in [0.717, 1.165) is 23.4 Å². The lowest BCUT2D eigenvalue weighted by Gasteiger charge is -2.13. The third kappa shape index (κ3) is 4.44. The molecule has 1 aromatic heterocycles. The minimum Gasteiger partial charge on any atom is -0.324 e. The molecule has 27 heavy (non-hydrogen) atoms. The van der Waals surface area contributed by atoms with E-state index in [1.165, 1.54) is 18.3 Å². The molecule has 3 rings (SSSR count). The molecule has 0 saturated carbocycles. The summed E-state index contributed by atoms with van der Waals surface area (Å²) in [6.45, 7) is 4.15. The number of anilines is 3. The highest BCUT2D eigenvalue weighted by Crippen LogP contribution is 2.25. The molecule has 0 fully saturated rings. The molecule has 0 spiro atoms. The largest absolute Gasteiger partial charge is 0.324 e. The summed E-state index contributed by atoms with van der Waals surface area (Å²) < 4.78 is 26.3. The van der Waals surface area contributed by atoms with Gasteiger partial charge in [-0.05, 0) is 35.7 Å². The van der Waals surface area contributed by atoms with Gasteiger partial charge in [-0.3, -0.25) is 4.79 Å². The molecule has 5 nitrogen and oxygen atoms in total. The summed E-state index contributed by atoms with van der Waals surface area (Å²) in [5.41, 5.74) is 2.18. The van der Waals surface area contributed by atoms with Crippen LogP contribution in [-0.2, 0) is 0 Å². The lowest BCUT2D eigenvalue weighted by Crippen LogP contribution is -2.15. The van der Waals surface area contributed by atoms with Gasteiger partial charge in [0.2, 0.25) is 5.95 Å². The van der Waals surface area contributed by atoms with E-state index >= 15 is 0 Å². The van der Waals surface area contributed by atoms with Crippen LogP contribution in [-0.4, -0.2) is 15.9 Å². The SMILES string of the molecule is CC(C)c1ccccc1Nc1nccc(C(=O)Nc2ccc(F)c(F)c2)n1. The lowest BCUT2D eigenvalue weighted by atomic mass is 10.0. The van der Waals surface area contributed by atoms with Crippen LogP contribution in [0.1, 0.15) is 35.8 Å². The van der Waals surface area contributed by atoms with Crippen molar-refractivity contribution in [2.75, 3.05) is 10.6 Å². The van der Waals surface area contributed by atoms with E-state index in [9.17, 15) is 13.6 Å². The first-order valence-electron chi connectivity index (χ1n) is 8.39. The van der Waals surface area contributed by atoms with Gasteiger partial charge < -0.3 is 10.6 Å². The summed E-state index contributed by atoms with van der Waals surface area (Å²) in [6.07, 6.45) is 1.45. The molecular weight excluding hydrogens is 350 g/mol. The van der Waals surface area contributed by atoms with Gasteiger partial charge in [-0.2, -0.15) is 0 Å². The Hall–Kier alpha value is -3.35. The molecule has 138 valence electrons. The monoisotopic (exact) mass is 368 g/mol. The molecule has 1 heterocycles. The van der Waals surface area contributed by atoms with Gasteiger partial charge in [-0.25, -0.2) is 18.7 Å². The van der Waals surface area contributed by atoms with E-state index in [2.05, 4.69) is 34.4 Å². The number of hydrogen-bond donors (Lipinski definition) is 2. The predicted molar refractivity (Wildman–Crippen MR) is 100 cm³/mol. The Kier molecular flexibility index (Phi) is 5.40.